The van der Waals surface area contributed by atoms with E-state index in [4.69, 9.17) is 11.6 Å². The average molecular weight is 351 g/mol. The van der Waals surface area contributed by atoms with E-state index in [1.807, 2.05) is 6.92 Å². The Morgan fingerprint density at radius 3 is 2.48 bits per heavy atom. The standard InChI is InChI=1S/C15H18ClF3N2O2/c1-3-4-7-21(10(2)22)9-14(23)20-13-8-11(15(17,18)19)5-6-12(13)16/h5-6,8H,3-4,7,9H2,1-2H3,(H,20,23). The minimum absolute atomic E-state index is 0.00529. The van der Waals surface area contributed by atoms with Crippen molar-refractivity contribution in [1.82, 2.24) is 4.90 Å². The molecular weight excluding hydrogens is 333 g/mol. The van der Waals surface area contributed by atoms with E-state index in [1.54, 1.807) is 0 Å². The zero-order valence-electron chi connectivity index (χ0n) is 12.8. The van der Waals surface area contributed by atoms with E-state index in [1.165, 1.54) is 11.8 Å². The summed E-state index contributed by atoms with van der Waals surface area (Å²) in [6.45, 7) is 3.46. The summed E-state index contributed by atoms with van der Waals surface area (Å²) in [6.07, 6.45) is -2.95. The van der Waals surface area contributed by atoms with Crippen LogP contribution in [0.25, 0.3) is 0 Å². The minimum Gasteiger partial charge on any atom is -0.334 e. The predicted octanol–water partition coefficient (Wildman–Crippen LogP) is 3.95. The van der Waals surface area contributed by atoms with Crippen LogP contribution in [-0.2, 0) is 15.8 Å². The molecule has 4 nitrogen and oxygen atoms in total. The third-order valence-corrected chi connectivity index (χ3v) is 3.46. The lowest BCUT2D eigenvalue weighted by molar-refractivity contribution is -0.137. The van der Waals surface area contributed by atoms with Gasteiger partial charge in [0.15, 0.2) is 0 Å². The fraction of sp³-hybridized carbons (Fsp3) is 0.467. The maximum atomic E-state index is 12.7. The first-order chi connectivity index (χ1) is 10.6. The number of rotatable bonds is 6. The number of carbonyl (C=O) groups is 2. The van der Waals surface area contributed by atoms with Gasteiger partial charge in [-0.15, -0.1) is 0 Å². The van der Waals surface area contributed by atoms with Crippen LogP contribution < -0.4 is 5.32 Å². The van der Waals surface area contributed by atoms with Crippen molar-refractivity contribution in [3.05, 3.63) is 28.8 Å². The number of alkyl halides is 3. The third kappa shape index (κ3) is 6.09. The van der Waals surface area contributed by atoms with Crippen LogP contribution in [0.15, 0.2) is 18.2 Å². The molecule has 0 aliphatic rings. The smallest absolute Gasteiger partial charge is 0.334 e. The Balaban J connectivity index is 2.82. The van der Waals surface area contributed by atoms with E-state index in [-0.39, 0.29) is 23.2 Å². The molecule has 0 saturated heterocycles. The molecule has 0 bridgehead atoms. The molecule has 0 spiro atoms. The van der Waals surface area contributed by atoms with Crippen molar-refractivity contribution >= 4 is 29.1 Å². The number of nitrogens with zero attached hydrogens (tertiary/aromatic N) is 1. The Bertz CT molecular complexity index is 576. The average Bonchev–Trinajstić information content (AvgIpc) is 2.44. The number of hydrogen-bond acceptors (Lipinski definition) is 2. The largest absolute Gasteiger partial charge is 0.416 e. The minimum atomic E-state index is -4.53. The summed E-state index contributed by atoms with van der Waals surface area (Å²) in [4.78, 5) is 24.8. The van der Waals surface area contributed by atoms with Crippen LogP contribution >= 0.6 is 11.6 Å². The maximum Gasteiger partial charge on any atom is 0.416 e. The number of hydrogen-bond donors (Lipinski definition) is 1. The van der Waals surface area contributed by atoms with Gasteiger partial charge < -0.3 is 10.2 Å². The van der Waals surface area contributed by atoms with Gasteiger partial charge in [0.05, 0.1) is 22.8 Å². The van der Waals surface area contributed by atoms with Gasteiger partial charge in [-0.1, -0.05) is 24.9 Å². The van der Waals surface area contributed by atoms with Crippen molar-refractivity contribution < 1.29 is 22.8 Å². The van der Waals surface area contributed by atoms with Crippen LogP contribution in [0.1, 0.15) is 32.3 Å². The lowest BCUT2D eigenvalue weighted by atomic mass is 10.2. The van der Waals surface area contributed by atoms with E-state index in [0.717, 1.165) is 31.0 Å². The number of nitrogens with one attached hydrogen (secondary N) is 1. The van der Waals surface area contributed by atoms with Crippen LogP contribution in [-0.4, -0.2) is 29.8 Å². The molecule has 128 valence electrons. The summed E-state index contributed by atoms with van der Waals surface area (Å²) in [5.41, 5.74) is -1.04. The number of carbonyl (C=O) groups excluding carboxylic acids is 2. The molecule has 0 heterocycles. The molecule has 1 N–H and O–H groups in total. The summed E-state index contributed by atoms with van der Waals surface area (Å²) in [5, 5.41) is 2.31. The second-order valence-corrected chi connectivity index (χ2v) is 5.44. The van der Waals surface area contributed by atoms with E-state index in [0.29, 0.717) is 6.54 Å². The molecule has 2 amide bonds. The monoisotopic (exact) mass is 350 g/mol. The van der Waals surface area contributed by atoms with Gasteiger partial charge in [0.2, 0.25) is 11.8 Å². The highest BCUT2D eigenvalue weighted by molar-refractivity contribution is 6.33. The Morgan fingerprint density at radius 1 is 1.30 bits per heavy atom. The van der Waals surface area contributed by atoms with Gasteiger partial charge in [-0.05, 0) is 24.6 Å². The lowest BCUT2D eigenvalue weighted by Gasteiger charge is -2.20. The highest BCUT2D eigenvalue weighted by atomic mass is 35.5. The first-order valence-electron chi connectivity index (χ1n) is 7.07. The van der Waals surface area contributed by atoms with Crippen molar-refractivity contribution in [3.63, 3.8) is 0 Å². The molecule has 0 aliphatic carbocycles. The summed E-state index contributed by atoms with van der Waals surface area (Å²) >= 11 is 5.81. The van der Waals surface area contributed by atoms with Crippen LogP contribution in [0.2, 0.25) is 5.02 Å². The van der Waals surface area contributed by atoms with Gasteiger partial charge in [-0.2, -0.15) is 13.2 Å². The highest BCUT2D eigenvalue weighted by Gasteiger charge is 2.31. The molecule has 1 aromatic carbocycles. The van der Waals surface area contributed by atoms with E-state index < -0.39 is 17.6 Å². The second-order valence-electron chi connectivity index (χ2n) is 5.03. The Kier molecular flexibility index (Phi) is 6.87. The Hall–Kier alpha value is -1.76. The SMILES string of the molecule is CCCCN(CC(=O)Nc1cc(C(F)(F)F)ccc1Cl)C(C)=O. The normalized spacial score (nSPS) is 11.2. The predicted molar refractivity (Wildman–Crippen MR) is 82.2 cm³/mol. The maximum absolute atomic E-state index is 12.7. The molecule has 8 heteroatoms. The van der Waals surface area contributed by atoms with Crippen molar-refractivity contribution in [2.24, 2.45) is 0 Å². The third-order valence-electron chi connectivity index (χ3n) is 3.13. The van der Waals surface area contributed by atoms with Gasteiger partial charge in [0.25, 0.3) is 0 Å². The topological polar surface area (TPSA) is 49.4 Å². The molecule has 1 rings (SSSR count). The quantitative estimate of drug-likeness (QED) is 0.844. The van der Waals surface area contributed by atoms with E-state index in [9.17, 15) is 22.8 Å². The Morgan fingerprint density at radius 2 is 1.96 bits per heavy atom. The zero-order chi connectivity index (χ0) is 17.6. The fourth-order valence-electron chi connectivity index (χ4n) is 1.86. The van der Waals surface area contributed by atoms with Crippen LogP contribution in [0.5, 0.6) is 0 Å². The van der Waals surface area contributed by atoms with E-state index >= 15 is 0 Å². The van der Waals surface area contributed by atoms with Crippen LogP contribution in [0.4, 0.5) is 18.9 Å². The van der Waals surface area contributed by atoms with Crippen molar-refractivity contribution in [3.8, 4) is 0 Å². The van der Waals surface area contributed by atoms with Crippen molar-refractivity contribution in [2.75, 3.05) is 18.4 Å². The van der Waals surface area contributed by atoms with Crippen LogP contribution in [0.3, 0.4) is 0 Å². The van der Waals surface area contributed by atoms with Crippen molar-refractivity contribution in [2.45, 2.75) is 32.9 Å². The first-order valence-corrected chi connectivity index (χ1v) is 7.45. The summed E-state index contributed by atoms with van der Waals surface area (Å²) in [6, 6.07) is 2.67. The molecule has 0 unspecified atom stereocenters. The molecule has 0 aliphatic heterocycles. The summed E-state index contributed by atoms with van der Waals surface area (Å²) in [5.74, 6) is -0.874. The number of anilines is 1. The molecule has 23 heavy (non-hydrogen) atoms. The number of halogens is 4. The molecule has 0 fully saturated rings. The van der Waals surface area contributed by atoms with Gasteiger partial charge in [0, 0.05) is 13.5 Å². The summed E-state index contributed by atoms with van der Waals surface area (Å²) < 4.78 is 38.1. The van der Waals surface area contributed by atoms with Gasteiger partial charge in [0.1, 0.15) is 0 Å². The zero-order valence-corrected chi connectivity index (χ0v) is 13.6. The Labute approximate surface area is 137 Å². The second kappa shape index (κ2) is 8.19. The van der Waals surface area contributed by atoms with Gasteiger partial charge in [-0.25, -0.2) is 0 Å². The van der Waals surface area contributed by atoms with Crippen LogP contribution in [0, 0.1) is 0 Å². The summed E-state index contributed by atoms with van der Waals surface area (Å²) in [7, 11) is 0. The highest BCUT2D eigenvalue weighted by Crippen LogP contribution is 2.33. The molecule has 0 aromatic heterocycles. The molecule has 1 aromatic rings. The fourth-order valence-corrected chi connectivity index (χ4v) is 2.02. The molecule has 0 atom stereocenters. The van der Waals surface area contributed by atoms with Crippen molar-refractivity contribution in [1.29, 1.82) is 0 Å². The number of unbranched alkanes of at least 4 members (excludes halogenated alkanes) is 1. The molecule has 0 saturated carbocycles. The molecular formula is C15H18ClF3N2O2. The van der Waals surface area contributed by atoms with E-state index in [2.05, 4.69) is 5.32 Å². The number of benzene rings is 1. The molecule has 0 radical (unpaired) electrons. The van der Waals surface area contributed by atoms with Gasteiger partial charge >= 0.3 is 6.18 Å². The van der Waals surface area contributed by atoms with Gasteiger partial charge in [-0.3, -0.25) is 9.59 Å². The lowest BCUT2D eigenvalue weighted by Crippen LogP contribution is -2.37. The first kappa shape index (κ1) is 19.3. The number of amides is 2.